The van der Waals surface area contributed by atoms with E-state index in [1.807, 2.05) is 121 Å². The molecule has 4 saturated heterocycles. The molecule has 6 amide bonds. The van der Waals surface area contributed by atoms with Crippen LogP contribution < -0.4 is 32.7 Å². The Morgan fingerprint density at radius 3 is 1.13 bits per heavy atom. The zero-order chi connectivity index (χ0) is 58.1. The lowest BCUT2D eigenvalue weighted by Gasteiger charge is -2.33. The van der Waals surface area contributed by atoms with E-state index in [-0.39, 0.29) is 50.0 Å². The van der Waals surface area contributed by atoms with Crippen molar-refractivity contribution >= 4 is 47.4 Å². The maximum absolute atomic E-state index is 14.6. The second-order valence-corrected chi connectivity index (χ2v) is 21.5. The Kier molecular flexibility index (Phi) is 21.1. The number of nitrogens with one attached hydrogen (secondary N) is 4. The first-order valence-electron chi connectivity index (χ1n) is 28.6. The molecule has 18 heteroatoms. The van der Waals surface area contributed by atoms with Crippen LogP contribution in [0.3, 0.4) is 0 Å². The fourth-order valence-corrected chi connectivity index (χ4v) is 11.6. The van der Waals surface area contributed by atoms with Crippen LogP contribution in [0, 0.1) is 35.5 Å². The molecule has 0 bridgehead atoms. The molecule has 0 aliphatic carbocycles. The summed E-state index contributed by atoms with van der Waals surface area (Å²) in [6.07, 6.45) is 3.80. The van der Waals surface area contributed by atoms with Crippen LogP contribution in [-0.4, -0.2) is 119 Å². The van der Waals surface area contributed by atoms with Gasteiger partial charge in [-0.05, 0) is 98.3 Å². The molecule has 0 unspecified atom stereocenters. The number of rotatable bonds is 20. The molecule has 8 N–H and O–H groups in total. The second kappa shape index (κ2) is 28.9. The molecule has 4 aromatic carbocycles. The topological polar surface area (TPSA) is 262 Å². The molecule has 10 atom stereocenters. The van der Waals surface area contributed by atoms with Gasteiger partial charge >= 0.3 is 11.9 Å². The predicted octanol–water partition coefficient (Wildman–Crippen LogP) is 4.65. The Balaban J connectivity index is 0.852. The van der Waals surface area contributed by atoms with Gasteiger partial charge in [0.25, 0.3) is 0 Å². The molecule has 0 spiro atoms. The average Bonchev–Trinajstić information content (AvgIpc) is 3.89. The molecule has 4 aliphatic rings. The van der Waals surface area contributed by atoms with Crippen molar-refractivity contribution in [3.8, 4) is 23.7 Å². The maximum Gasteiger partial charge on any atom is 0.317 e. The highest BCUT2D eigenvalue weighted by molar-refractivity contribution is 5.95. The van der Waals surface area contributed by atoms with Gasteiger partial charge < -0.3 is 52.0 Å². The quantitative estimate of drug-likeness (QED) is 0.0522. The highest BCUT2D eigenvalue weighted by Gasteiger charge is 2.50. The lowest BCUT2D eigenvalue weighted by atomic mass is 9.93. The molecule has 4 aromatic rings. The van der Waals surface area contributed by atoms with Gasteiger partial charge in [-0.15, -0.1) is 0 Å². The van der Waals surface area contributed by atoms with Gasteiger partial charge in [0.15, 0.2) is 0 Å². The first kappa shape index (κ1) is 59.8. The number of amides is 6. The third-order valence-electron chi connectivity index (χ3n) is 16.2. The average molecular weight is 1120 g/mol. The van der Waals surface area contributed by atoms with Crippen LogP contribution in [0.25, 0.3) is 0 Å². The van der Waals surface area contributed by atoms with Crippen molar-refractivity contribution in [1.29, 1.82) is 0 Å². The molecular formula is C64H74N8O10. The van der Waals surface area contributed by atoms with Crippen molar-refractivity contribution in [2.45, 2.75) is 151 Å². The summed E-state index contributed by atoms with van der Waals surface area (Å²) in [4.78, 5) is 114. The van der Waals surface area contributed by atoms with E-state index in [4.69, 9.17) is 20.9 Å². The van der Waals surface area contributed by atoms with Crippen molar-refractivity contribution in [1.82, 2.24) is 31.1 Å². The summed E-state index contributed by atoms with van der Waals surface area (Å²) in [6, 6.07) is 31.2. The zero-order valence-electron chi connectivity index (χ0n) is 46.5. The maximum atomic E-state index is 14.6. The number of ether oxygens (including phenoxy) is 2. The number of benzene rings is 4. The van der Waals surface area contributed by atoms with Crippen LogP contribution in [0.1, 0.15) is 125 Å². The number of carbonyl (C=O) groups excluding carboxylic acids is 8. The molecule has 0 aromatic heterocycles. The van der Waals surface area contributed by atoms with Crippen LogP contribution in [0.5, 0.6) is 0 Å². The molecule has 0 radical (unpaired) electrons. The van der Waals surface area contributed by atoms with E-state index in [1.165, 1.54) is 0 Å². The number of hydrogen-bond donors (Lipinski definition) is 6. The first-order valence-corrected chi connectivity index (χ1v) is 28.6. The van der Waals surface area contributed by atoms with Gasteiger partial charge in [0.2, 0.25) is 35.4 Å². The molecule has 430 valence electrons. The minimum absolute atomic E-state index is 0.210. The Labute approximate surface area is 479 Å². The smallest absolute Gasteiger partial charge is 0.317 e. The second-order valence-electron chi connectivity index (χ2n) is 21.5. The number of nitrogens with two attached hydrogens (primary N) is 2. The van der Waals surface area contributed by atoms with Crippen molar-refractivity contribution < 1.29 is 47.8 Å². The normalized spacial score (nSPS) is 22.8. The van der Waals surface area contributed by atoms with E-state index in [1.54, 1.807) is 23.6 Å². The van der Waals surface area contributed by atoms with Crippen molar-refractivity contribution in [2.75, 3.05) is 13.2 Å². The molecule has 4 aliphatic heterocycles. The predicted molar refractivity (Wildman–Crippen MR) is 306 cm³/mol. The number of fused-ring (bicyclic) bond motifs is 2. The summed E-state index contributed by atoms with van der Waals surface area (Å²) < 4.78 is 11.3. The fourth-order valence-electron chi connectivity index (χ4n) is 11.6. The Morgan fingerprint density at radius 1 is 0.500 bits per heavy atom. The third kappa shape index (κ3) is 15.0. The van der Waals surface area contributed by atoms with Gasteiger partial charge in [0, 0.05) is 23.9 Å². The van der Waals surface area contributed by atoms with Gasteiger partial charge in [-0.3, -0.25) is 38.4 Å². The third-order valence-corrected chi connectivity index (χ3v) is 16.2. The monoisotopic (exact) mass is 1110 g/mol. The minimum atomic E-state index is -1.12. The van der Waals surface area contributed by atoms with Gasteiger partial charge in [-0.1, -0.05) is 147 Å². The van der Waals surface area contributed by atoms with E-state index >= 15 is 0 Å². The molecule has 18 nitrogen and oxygen atoms in total. The van der Waals surface area contributed by atoms with E-state index in [2.05, 4.69) is 44.9 Å². The summed E-state index contributed by atoms with van der Waals surface area (Å²) in [7, 11) is 0. The highest BCUT2D eigenvalue weighted by atomic mass is 16.5. The lowest BCUT2D eigenvalue weighted by molar-refractivity contribution is -0.148. The van der Waals surface area contributed by atoms with Gasteiger partial charge in [0.1, 0.15) is 37.0 Å². The molecular weight excluding hydrogens is 1040 g/mol. The summed E-state index contributed by atoms with van der Waals surface area (Å²) in [5.74, 6) is 5.16. The summed E-state index contributed by atoms with van der Waals surface area (Å²) in [5, 5.41) is 12.1. The molecule has 8 rings (SSSR count). The van der Waals surface area contributed by atoms with Gasteiger partial charge in [-0.25, -0.2) is 0 Å². The highest BCUT2D eigenvalue weighted by Crippen LogP contribution is 2.37. The van der Waals surface area contributed by atoms with Gasteiger partial charge in [-0.2, -0.15) is 0 Å². The zero-order valence-corrected chi connectivity index (χ0v) is 46.5. The van der Waals surface area contributed by atoms with Gasteiger partial charge in [0.05, 0.1) is 37.4 Å². The SMILES string of the molecule is CC[C@H](N)C(=O)N[C@@H]1C(=O)N2[C@@H](CC[C@@H]1COC(=O)CC#CC#CCC(=O)OC[C@H]1CC[C@H]3CC[C@@H](C(=O)NC(c4ccccc4)c4ccccc4)N3C(=O)[C@H]1NC(=O)[C@@H](N)CC)CC[C@H]2C(=O)NC(c1ccccc1)c1ccccc1. The Bertz CT molecular complexity index is 2740. The van der Waals surface area contributed by atoms with E-state index < -0.39 is 95.7 Å². The van der Waals surface area contributed by atoms with Crippen LogP contribution in [-0.2, 0) is 47.8 Å². The number of nitrogens with zero attached hydrogens (tertiary/aromatic N) is 2. The number of hydrogen-bond acceptors (Lipinski definition) is 12. The first-order chi connectivity index (χ1) is 39.8. The summed E-state index contributed by atoms with van der Waals surface area (Å²) >= 11 is 0. The Morgan fingerprint density at radius 2 is 0.817 bits per heavy atom. The van der Waals surface area contributed by atoms with Crippen molar-refractivity contribution in [3.05, 3.63) is 144 Å². The standard InChI is InChI=1S/C64H74N8O10/c1-3-49(65)59(75)69-57-45(31-33-47-35-37-51(71(47)63(57)79)61(77)67-55(41-21-11-7-12-22-41)42-23-13-8-14-24-42)39-81-53(73)29-19-5-6-20-30-54(74)82-40-46-32-34-48-36-38-52(72(48)64(80)58(46)70-60(76)50(66)4-2)62(78)68-56(43-25-15-9-16-26-43)44-27-17-10-18-28-44/h7-18,21-28,45-52,55-58H,3-4,29-40,65-66H2,1-2H3,(H,67,77)(H,68,78)(H,69,75)(H,70,76)/t45-,46-,47+,48+,49+,50+,51+,52+,57+,58+/m1/s1. The lowest BCUT2D eigenvalue weighted by Crippen LogP contribution is -2.58. The van der Waals surface area contributed by atoms with E-state index in [0.29, 0.717) is 64.2 Å². The molecule has 4 heterocycles. The number of carbonyl (C=O) groups is 8. The molecule has 82 heavy (non-hydrogen) atoms. The van der Waals surface area contributed by atoms with Crippen LogP contribution in [0.4, 0.5) is 0 Å². The van der Waals surface area contributed by atoms with E-state index in [0.717, 1.165) is 22.3 Å². The van der Waals surface area contributed by atoms with E-state index in [9.17, 15) is 38.4 Å². The van der Waals surface area contributed by atoms with Crippen LogP contribution in [0.15, 0.2) is 121 Å². The van der Waals surface area contributed by atoms with Crippen molar-refractivity contribution in [3.63, 3.8) is 0 Å². The van der Waals surface area contributed by atoms with Crippen LogP contribution in [0.2, 0.25) is 0 Å². The van der Waals surface area contributed by atoms with Crippen molar-refractivity contribution in [2.24, 2.45) is 23.3 Å². The fraction of sp³-hybridized carbons (Fsp3) is 0.438. The number of esters is 2. The summed E-state index contributed by atoms with van der Waals surface area (Å²) in [5.41, 5.74) is 15.7. The molecule has 0 saturated carbocycles. The largest absolute Gasteiger partial charge is 0.465 e. The summed E-state index contributed by atoms with van der Waals surface area (Å²) in [6.45, 7) is 3.09. The minimum Gasteiger partial charge on any atom is -0.465 e. The Hall–Kier alpha value is -8.32. The molecule has 4 fully saturated rings. The van der Waals surface area contributed by atoms with Crippen LogP contribution >= 0.6 is 0 Å².